The number of H-pyrrole nitrogens is 1. The molecule has 0 aliphatic carbocycles. The van der Waals surface area contributed by atoms with Crippen molar-refractivity contribution in [3.8, 4) is 0 Å². The van der Waals surface area contributed by atoms with Gasteiger partial charge in [-0.15, -0.1) is 0 Å². The summed E-state index contributed by atoms with van der Waals surface area (Å²) in [6.07, 6.45) is -2.32. The first-order valence-corrected chi connectivity index (χ1v) is 13.6. The van der Waals surface area contributed by atoms with Crippen molar-refractivity contribution in [2.24, 2.45) is 5.92 Å². The molecule has 2 heterocycles. The van der Waals surface area contributed by atoms with Crippen molar-refractivity contribution in [2.75, 3.05) is 19.6 Å². The first-order chi connectivity index (χ1) is 19.0. The minimum atomic E-state index is -4.62. The molecule has 4 aromatic rings. The van der Waals surface area contributed by atoms with Gasteiger partial charge in [0.15, 0.2) is 0 Å². The van der Waals surface area contributed by atoms with E-state index in [0.717, 1.165) is 49.7 Å². The fraction of sp³-hybridized carbons (Fsp3) is 0.367. The quantitative estimate of drug-likeness (QED) is 0.228. The van der Waals surface area contributed by atoms with Crippen LogP contribution in [-0.4, -0.2) is 34.1 Å². The molecular formula is C30H29ClF5N3O. The molecule has 212 valence electrons. The third-order valence-electron chi connectivity index (χ3n) is 7.90. The summed E-state index contributed by atoms with van der Waals surface area (Å²) in [5, 5.41) is -0.435. The molecule has 0 saturated carbocycles. The molecule has 2 unspecified atom stereocenters. The van der Waals surface area contributed by atoms with Crippen LogP contribution in [0.5, 0.6) is 0 Å². The molecule has 10 heteroatoms. The molecule has 1 aromatic heterocycles. The maximum atomic E-state index is 13.5. The fourth-order valence-corrected chi connectivity index (χ4v) is 6.20. The van der Waals surface area contributed by atoms with Crippen LogP contribution >= 0.6 is 11.6 Å². The summed E-state index contributed by atoms with van der Waals surface area (Å²) in [5.74, 6) is -0.560. The summed E-state index contributed by atoms with van der Waals surface area (Å²) < 4.78 is 68.5. The zero-order valence-electron chi connectivity index (χ0n) is 21.8. The molecule has 0 radical (unpaired) electrons. The summed E-state index contributed by atoms with van der Waals surface area (Å²) in [4.78, 5) is 17.7. The molecule has 0 spiro atoms. The summed E-state index contributed by atoms with van der Waals surface area (Å²) in [7, 11) is 0. The van der Waals surface area contributed by atoms with E-state index in [1.807, 2.05) is 6.92 Å². The summed E-state index contributed by atoms with van der Waals surface area (Å²) >= 11 is 5.96. The van der Waals surface area contributed by atoms with Gasteiger partial charge in [-0.1, -0.05) is 42.8 Å². The Bertz CT molecular complexity index is 1480. The molecule has 1 N–H and O–H groups in total. The molecule has 1 fully saturated rings. The number of imidazole rings is 1. The van der Waals surface area contributed by atoms with Crippen molar-refractivity contribution in [2.45, 2.75) is 44.3 Å². The number of fused-ring (bicyclic) bond motifs is 1. The molecular weight excluding hydrogens is 549 g/mol. The second kappa shape index (κ2) is 11.4. The van der Waals surface area contributed by atoms with Crippen LogP contribution in [0.1, 0.15) is 54.8 Å². The van der Waals surface area contributed by atoms with Gasteiger partial charge in [0.2, 0.25) is 0 Å². The maximum Gasteiger partial charge on any atom is 0.417 e. The Morgan fingerprint density at radius 3 is 2.15 bits per heavy atom. The first-order valence-electron chi connectivity index (χ1n) is 13.3. The van der Waals surface area contributed by atoms with Crippen LogP contribution in [0.3, 0.4) is 0 Å². The average molecular weight is 578 g/mol. The van der Waals surface area contributed by atoms with E-state index in [0.29, 0.717) is 11.9 Å². The van der Waals surface area contributed by atoms with E-state index in [9.17, 15) is 26.7 Å². The molecule has 3 aromatic carbocycles. The SMILES string of the molecule is CC1CN(CCCC(c2ccc(F)cc2)c2ccc(F)cc2)CCC1n1c(=O)[nH]c2cc(C(F)(F)F)c(Cl)cc21. The number of aromatic amines is 1. The minimum absolute atomic E-state index is 0.00713. The molecule has 0 bridgehead atoms. The summed E-state index contributed by atoms with van der Waals surface area (Å²) in [6.45, 7) is 4.28. The van der Waals surface area contributed by atoms with Crippen LogP contribution in [0.2, 0.25) is 5.02 Å². The number of nitrogens with one attached hydrogen (secondary N) is 1. The van der Waals surface area contributed by atoms with Crippen molar-refractivity contribution in [1.29, 1.82) is 0 Å². The highest BCUT2D eigenvalue weighted by Gasteiger charge is 2.35. The zero-order chi connectivity index (χ0) is 28.6. The Kier molecular flexibility index (Phi) is 8.06. The molecule has 2 atom stereocenters. The number of alkyl halides is 3. The number of halogens is 6. The third kappa shape index (κ3) is 5.95. The van der Waals surface area contributed by atoms with E-state index in [-0.39, 0.29) is 35.0 Å². The molecule has 5 rings (SSSR count). The Morgan fingerprint density at radius 2 is 1.60 bits per heavy atom. The van der Waals surface area contributed by atoms with Gasteiger partial charge in [0.05, 0.1) is 21.6 Å². The van der Waals surface area contributed by atoms with Gasteiger partial charge in [-0.2, -0.15) is 13.2 Å². The largest absolute Gasteiger partial charge is 0.417 e. The van der Waals surface area contributed by atoms with Crippen LogP contribution in [0.25, 0.3) is 11.0 Å². The number of likely N-dealkylation sites (tertiary alicyclic amines) is 1. The van der Waals surface area contributed by atoms with Gasteiger partial charge in [-0.3, -0.25) is 4.57 Å². The number of hydrogen-bond acceptors (Lipinski definition) is 2. The zero-order valence-corrected chi connectivity index (χ0v) is 22.6. The Labute approximate surface area is 233 Å². The number of hydrogen-bond donors (Lipinski definition) is 1. The minimum Gasteiger partial charge on any atom is -0.306 e. The van der Waals surface area contributed by atoms with E-state index < -0.39 is 22.5 Å². The molecule has 0 amide bonds. The number of rotatable bonds is 7. The van der Waals surface area contributed by atoms with Gasteiger partial charge < -0.3 is 9.88 Å². The highest BCUT2D eigenvalue weighted by atomic mass is 35.5. The van der Waals surface area contributed by atoms with E-state index in [1.54, 1.807) is 28.8 Å². The molecule has 1 aliphatic heterocycles. The van der Waals surface area contributed by atoms with Crippen molar-refractivity contribution in [1.82, 2.24) is 14.5 Å². The predicted molar refractivity (Wildman–Crippen MR) is 146 cm³/mol. The lowest BCUT2D eigenvalue weighted by Crippen LogP contribution is -2.42. The van der Waals surface area contributed by atoms with Crippen molar-refractivity contribution < 1.29 is 22.0 Å². The van der Waals surface area contributed by atoms with E-state index in [2.05, 4.69) is 9.88 Å². The van der Waals surface area contributed by atoms with Crippen LogP contribution in [0, 0.1) is 17.6 Å². The lowest BCUT2D eigenvalue weighted by atomic mass is 9.87. The normalized spacial score (nSPS) is 18.6. The smallest absolute Gasteiger partial charge is 0.306 e. The van der Waals surface area contributed by atoms with Crippen molar-refractivity contribution >= 4 is 22.6 Å². The standard InChI is InChI=1S/C30H29ClF5N3O/c1-18-17-38(13-2-3-23(19-4-8-21(32)9-5-19)20-6-10-22(33)11-7-20)14-12-27(18)39-28-16-25(31)24(30(34,35)36)15-26(28)37-29(39)40/h4-11,15-16,18,23,27H,2-3,12-14,17H2,1H3,(H,37,40). The second-order valence-electron chi connectivity index (χ2n) is 10.6. The summed E-state index contributed by atoms with van der Waals surface area (Å²) in [5.41, 5.74) is 0.991. The lowest BCUT2D eigenvalue weighted by Gasteiger charge is -2.37. The van der Waals surface area contributed by atoms with Gasteiger partial charge in [0, 0.05) is 25.0 Å². The topological polar surface area (TPSA) is 41.0 Å². The summed E-state index contributed by atoms with van der Waals surface area (Å²) in [6, 6.07) is 14.7. The van der Waals surface area contributed by atoms with Gasteiger partial charge in [-0.25, -0.2) is 13.6 Å². The Morgan fingerprint density at radius 1 is 1.00 bits per heavy atom. The highest BCUT2D eigenvalue weighted by Crippen LogP contribution is 2.38. The van der Waals surface area contributed by atoms with Gasteiger partial charge in [0.1, 0.15) is 11.6 Å². The third-order valence-corrected chi connectivity index (χ3v) is 8.21. The predicted octanol–water partition coefficient (Wildman–Crippen LogP) is 7.78. The number of benzene rings is 3. The number of piperidine rings is 1. The van der Waals surface area contributed by atoms with Crippen LogP contribution in [0.4, 0.5) is 22.0 Å². The highest BCUT2D eigenvalue weighted by molar-refractivity contribution is 6.32. The van der Waals surface area contributed by atoms with Gasteiger partial charge in [0.25, 0.3) is 0 Å². The van der Waals surface area contributed by atoms with E-state index in [4.69, 9.17) is 11.6 Å². The fourth-order valence-electron chi connectivity index (χ4n) is 5.93. The van der Waals surface area contributed by atoms with Crippen LogP contribution in [0.15, 0.2) is 65.5 Å². The van der Waals surface area contributed by atoms with Crippen molar-refractivity contribution in [3.63, 3.8) is 0 Å². The van der Waals surface area contributed by atoms with Gasteiger partial charge in [-0.05, 0) is 79.3 Å². The van der Waals surface area contributed by atoms with E-state index >= 15 is 0 Å². The lowest BCUT2D eigenvalue weighted by molar-refractivity contribution is -0.137. The number of aromatic nitrogens is 2. The van der Waals surface area contributed by atoms with Crippen molar-refractivity contribution in [3.05, 3.63) is 104 Å². The Hall–Kier alpha value is -3.17. The molecule has 1 aliphatic rings. The maximum absolute atomic E-state index is 13.5. The van der Waals surface area contributed by atoms with Crippen LogP contribution in [-0.2, 0) is 6.18 Å². The Balaban J connectivity index is 1.26. The number of nitrogens with zero attached hydrogens (tertiary/aromatic N) is 2. The van der Waals surface area contributed by atoms with Gasteiger partial charge >= 0.3 is 11.9 Å². The van der Waals surface area contributed by atoms with Crippen LogP contribution < -0.4 is 5.69 Å². The molecule has 1 saturated heterocycles. The monoisotopic (exact) mass is 577 g/mol. The molecule has 40 heavy (non-hydrogen) atoms. The average Bonchev–Trinajstić information content (AvgIpc) is 3.21. The first kappa shape index (κ1) is 28.4. The second-order valence-corrected chi connectivity index (χ2v) is 11.0. The van der Waals surface area contributed by atoms with E-state index in [1.165, 1.54) is 30.3 Å². The molecule has 4 nitrogen and oxygen atoms in total.